The highest BCUT2D eigenvalue weighted by molar-refractivity contribution is 5.96. The van der Waals surface area contributed by atoms with Gasteiger partial charge in [0.25, 0.3) is 6.23 Å². The van der Waals surface area contributed by atoms with Crippen LogP contribution in [0.3, 0.4) is 0 Å². The monoisotopic (exact) mass is 310 g/mol. The predicted molar refractivity (Wildman–Crippen MR) is 91.5 cm³/mol. The van der Waals surface area contributed by atoms with Crippen LogP contribution in [0.5, 0.6) is 0 Å². The van der Waals surface area contributed by atoms with Crippen molar-refractivity contribution in [3.05, 3.63) is 35.8 Å². The van der Waals surface area contributed by atoms with E-state index in [1.165, 1.54) is 45.8 Å². The summed E-state index contributed by atoms with van der Waals surface area (Å²) < 4.78 is 8.10. The van der Waals surface area contributed by atoms with Crippen LogP contribution in [0.4, 0.5) is 0 Å². The van der Waals surface area contributed by atoms with Gasteiger partial charge < -0.3 is 4.74 Å². The third kappa shape index (κ3) is 2.41. The molecule has 23 heavy (non-hydrogen) atoms. The first-order valence-electron chi connectivity index (χ1n) is 8.58. The highest BCUT2D eigenvalue weighted by Crippen LogP contribution is 2.28. The van der Waals surface area contributed by atoms with Crippen molar-refractivity contribution in [2.45, 2.75) is 52.2 Å². The molecule has 1 aliphatic heterocycles. The van der Waals surface area contributed by atoms with Crippen LogP contribution < -0.4 is 4.68 Å². The van der Waals surface area contributed by atoms with Gasteiger partial charge in [-0.15, -0.1) is 0 Å². The summed E-state index contributed by atoms with van der Waals surface area (Å²) in [7, 11) is 0. The van der Waals surface area contributed by atoms with Crippen LogP contribution in [-0.4, -0.2) is 16.7 Å². The molecule has 1 unspecified atom stereocenters. The Bertz CT molecular complexity index is 860. The zero-order chi connectivity index (χ0) is 16.0. The number of aryl methyl sites for hydroxylation is 1. The number of nitrogens with zero attached hydrogens (tertiary/aromatic N) is 2. The van der Waals surface area contributed by atoms with Crippen LogP contribution in [0.2, 0.25) is 0 Å². The van der Waals surface area contributed by atoms with E-state index in [4.69, 9.17) is 4.74 Å². The van der Waals surface area contributed by atoms with Crippen molar-refractivity contribution in [3.8, 4) is 0 Å². The van der Waals surface area contributed by atoms with Crippen LogP contribution in [0.1, 0.15) is 56.5 Å². The molecule has 0 amide bonds. The summed E-state index contributed by atoms with van der Waals surface area (Å²) in [6.45, 7) is 7.43. The molecule has 0 saturated carbocycles. The Balaban J connectivity index is 1.88. The third-order valence-electron chi connectivity index (χ3n) is 4.94. The first-order chi connectivity index (χ1) is 11.1. The van der Waals surface area contributed by atoms with Gasteiger partial charge in [0.2, 0.25) is 5.52 Å². The lowest BCUT2D eigenvalue weighted by Gasteiger charge is -2.16. The van der Waals surface area contributed by atoms with E-state index in [9.17, 15) is 0 Å². The molecule has 1 fully saturated rings. The summed E-state index contributed by atoms with van der Waals surface area (Å²) in [5, 5.41) is 7.11. The van der Waals surface area contributed by atoms with Crippen molar-refractivity contribution in [2.75, 3.05) is 6.61 Å². The molecule has 1 aromatic carbocycles. The molecule has 0 bridgehead atoms. The molecule has 4 rings (SSSR count). The van der Waals surface area contributed by atoms with Crippen LogP contribution in [0.15, 0.2) is 24.5 Å². The zero-order valence-electron chi connectivity index (χ0n) is 14.1. The molecule has 3 heterocycles. The lowest BCUT2D eigenvalue weighted by Crippen LogP contribution is -2.44. The number of hydrogen-bond donors (Lipinski definition) is 1. The van der Waals surface area contributed by atoms with E-state index in [2.05, 4.69) is 53.9 Å². The summed E-state index contributed by atoms with van der Waals surface area (Å²) in [4.78, 5) is 4.69. The molecular weight excluding hydrogens is 286 g/mol. The van der Waals surface area contributed by atoms with Crippen molar-refractivity contribution in [1.82, 2.24) is 10.1 Å². The molecule has 1 saturated heterocycles. The van der Waals surface area contributed by atoms with E-state index in [1.807, 2.05) is 6.20 Å². The number of ether oxygens (including phenoxy) is 1. The second-order valence-electron chi connectivity index (χ2n) is 6.89. The SMILES string of the molecule is Cc1c(C(C)C)ncc2cc3c(c[nH][n+]3C3CCCCO3)cc12. The van der Waals surface area contributed by atoms with Crippen molar-refractivity contribution >= 4 is 21.7 Å². The number of H-pyrrole nitrogens is 1. The van der Waals surface area contributed by atoms with Crippen LogP contribution in [-0.2, 0) is 4.74 Å². The largest absolute Gasteiger partial charge is 0.319 e. The molecule has 1 N–H and O–H groups in total. The Morgan fingerprint density at radius 2 is 2.13 bits per heavy atom. The molecule has 0 spiro atoms. The Morgan fingerprint density at radius 3 is 2.87 bits per heavy atom. The van der Waals surface area contributed by atoms with Gasteiger partial charge in [-0.05, 0) is 42.7 Å². The van der Waals surface area contributed by atoms with Crippen LogP contribution in [0.25, 0.3) is 21.7 Å². The number of nitrogens with one attached hydrogen (secondary N) is 1. The first-order valence-corrected chi connectivity index (χ1v) is 8.58. The van der Waals surface area contributed by atoms with Gasteiger partial charge in [-0.25, -0.2) is 0 Å². The van der Waals surface area contributed by atoms with Gasteiger partial charge in [0.15, 0.2) is 0 Å². The van der Waals surface area contributed by atoms with E-state index in [0.29, 0.717) is 5.92 Å². The molecule has 1 atom stereocenters. The molecule has 1 aliphatic rings. The van der Waals surface area contributed by atoms with E-state index in [-0.39, 0.29) is 6.23 Å². The van der Waals surface area contributed by atoms with Crippen LogP contribution in [0, 0.1) is 6.92 Å². The zero-order valence-corrected chi connectivity index (χ0v) is 14.1. The summed E-state index contributed by atoms with van der Waals surface area (Å²) in [6, 6.07) is 4.52. The van der Waals surface area contributed by atoms with Gasteiger partial charge in [-0.1, -0.05) is 18.5 Å². The average molecular weight is 310 g/mol. The summed E-state index contributed by atoms with van der Waals surface area (Å²) >= 11 is 0. The van der Waals surface area contributed by atoms with E-state index < -0.39 is 0 Å². The maximum Gasteiger partial charge on any atom is 0.286 e. The first kappa shape index (κ1) is 14.6. The van der Waals surface area contributed by atoms with E-state index in [1.54, 1.807) is 0 Å². The number of pyridine rings is 1. The number of aromatic amines is 1. The second kappa shape index (κ2) is 5.60. The molecule has 3 aromatic rings. The Labute approximate surface area is 136 Å². The van der Waals surface area contributed by atoms with Gasteiger partial charge in [-0.2, -0.15) is 5.10 Å². The van der Waals surface area contributed by atoms with Crippen molar-refractivity contribution in [1.29, 1.82) is 0 Å². The molecule has 120 valence electrons. The average Bonchev–Trinajstić information content (AvgIpc) is 2.97. The minimum Gasteiger partial charge on any atom is -0.319 e. The number of fused-ring (bicyclic) bond motifs is 2. The van der Waals surface area contributed by atoms with Gasteiger partial charge in [0, 0.05) is 29.8 Å². The minimum atomic E-state index is 0.127. The molecule has 0 radical (unpaired) electrons. The fourth-order valence-electron chi connectivity index (χ4n) is 3.71. The lowest BCUT2D eigenvalue weighted by molar-refractivity contribution is -0.790. The molecule has 4 heteroatoms. The van der Waals surface area contributed by atoms with E-state index in [0.717, 1.165) is 13.0 Å². The Morgan fingerprint density at radius 1 is 1.26 bits per heavy atom. The molecule has 0 aliphatic carbocycles. The van der Waals surface area contributed by atoms with Gasteiger partial charge in [0.05, 0.1) is 18.2 Å². The maximum absolute atomic E-state index is 5.93. The third-order valence-corrected chi connectivity index (χ3v) is 4.94. The van der Waals surface area contributed by atoms with Gasteiger partial charge in [0.1, 0.15) is 0 Å². The molecular formula is C19H24N3O+. The van der Waals surface area contributed by atoms with Crippen molar-refractivity contribution in [3.63, 3.8) is 0 Å². The van der Waals surface area contributed by atoms with Gasteiger partial charge >= 0.3 is 0 Å². The lowest BCUT2D eigenvalue weighted by atomic mass is 9.98. The molecule has 2 aromatic heterocycles. The fraction of sp³-hybridized carbons (Fsp3) is 0.474. The highest BCUT2D eigenvalue weighted by atomic mass is 16.5. The Kier molecular flexibility index (Phi) is 3.57. The van der Waals surface area contributed by atoms with E-state index >= 15 is 0 Å². The number of aromatic nitrogens is 3. The standard InChI is InChI=1S/C19H23N3O/c1-12(2)19-13(3)16-8-15-11-21-22(18-6-4-5-7-23-18)17(15)9-14(16)10-20-19/h8-12,18H,4-7H2,1-3H3/p+1. The fourth-order valence-corrected chi connectivity index (χ4v) is 3.71. The minimum absolute atomic E-state index is 0.127. The normalized spacial score (nSPS) is 19.0. The smallest absolute Gasteiger partial charge is 0.286 e. The second-order valence-corrected chi connectivity index (χ2v) is 6.89. The number of rotatable bonds is 2. The number of hydrogen-bond acceptors (Lipinski definition) is 2. The predicted octanol–water partition coefficient (Wildman–Crippen LogP) is 4.13. The van der Waals surface area contributed by atoms with Crippen molar-refractivity contribution in [2.24, 2.45) is 0 Å². The van der Waals surface area contributed by atoms with Crippen LogP contribution >= 0.6 is 0 Å². The highest BCUT2D eigenvalue weighted by Gasteiger charge is 2.27. The van der Waals surface area contributed by atoms with Crippen molar-refractivity contribution < 1.29 is 9.42 Å². The topological polar surface area (TPSA) is 41.8 Å². The molecule has 4 nitrogen and oxygen atoms in total. The van der Waals surface area contributed by atoms with Gasteiger partial charge in [-0.3, -0.25) is 4.98 Å². The quantitative estimate of drug-likeness (QED) is 0.723. The summed E-state index contributed by atoms with van der Waals surface area (Å²) in [6.07, 6.45) is 7.69. The summed E-state index contributed by atoms with van der Waals surface area (Å²) in [5.41, 5.74) is 3.68. The number of benzene rings is 1. The maximum atomic E-state index is 5.93. The summed E-state index contributed by atoms with van der Waals surface area (Å²) in [5.74, 6) is 0.446. The Hall–Kier alpha value is -1.94.